The molecule has 0 fully saturated rings. The summed E-state index contributed by atoms with van der Waals surface area (Å²) in [5, 5.41) is 10.3. The molecule has 9 heteroatoms. The molecule has 0 unspecified atom stereocenters. The maximum Gasteiger partial charge on any atom is 0.304 e. The first-order valence-corrected chi connectivity index (χ1v) is 6.07. The van der Waals surface area contributed by atoms with Gasteiger partial charge in [0.2, 0.25) is 0 Å². The van der Waals surface area contributed by atoms with E-state index in [1.807, 2.05) is 0 Å². The molecule has 0 aliphatic heterocycles. The van der Waals surface area contributed by atoms with E-state index < -0.39 is 19.3 Å². The van der Waals surface area contributed by atoms with Gasteiger partial charge in [-0.1, -0.05) is 0 Å². The molecule has 0 amide bonds. The number of nitrogens with zero attached hydrogens (tertiary/aromatic N) is 1. The van der Waals surface area contributed by atoms with Crippen LogP contribution in [-0.2, 0) is 10.1 Å². The number of nitro groups is 1. The summed E-state index contributed by atoms with van der Waals surface area (Å²) in [5.41, 5.74) is -0.307. The zero-order valence-electron chi connectivity index (χ0n) is 5.80. The van der Waals surface area contributed by atoms with Crippen LogP contribution in [0.25, 0.3) is 0 Å². The Morgan fingerprint density at radius 2 is 2.15 bits per heavy atom. The van der Waals surface area contributed by atoms with Crippen LogP contribution in [0, 0.1) is 13.0 Å². The Morgan fingerprint density at radius 1 is 1.62 bits per heavy atom. The molecule has 0 saturated heterocycles. The summed E-state index contributed by atoms with van der Waals surface area (Å²) in [6, 6.07) is 0.835. The monoisotopic (exact) mass is 335 g/mol. The first-order chi connectivity index (χ1) is 5.82. The lowest BCUT2D eigenvalue weighted by molar-refractivity contribution is -0.385. The zero-order valence-corrected chi connectivity index (χ0v) is 9.59. The van der Waals surface area contributed by atoms with E-state index in [4.69, 9.17) is 4.55 Å². The zero-order chi connectivity index (χ0) is 10.2. The molecule has 1 heterocycles. The Labute approximate surface area is 90.6 Å². The van der Waals surface area contributed by atoms with Crippen molar-refractivity contribution in [3.05, 3.63) is 19.1 Å². The van der Waals surface area contributed by atoms with E-state index in [1.165, 1.54) is 0 Å². The Bertz CT molecular complexity index is 449. The van der Waals surface area contributed by atoms with Crippen molar-refractivity contribution in [3.8, 4) is 0 Å². The fourth-order valence-corrected chi connectivity index (χ4v) is 3.62. The number of halogens is 1. The van der Waals surface area contributed by atoms with Gasteiger partial charge in [-0.15, -0.1) is 11.3 Å². The molecule has 6 nitrogen and oxygen atoms in total. The predicted octanol–water partition coefficient (Wildman–Crippen LogP) is 1.51. The second-order valence-corrected chi connectivity index (χ2v) is 6.47. The molecular formula is C4H2INO5S2. The highest BCUT2D eigenvalue weighted by atomic mass is 127. The lowest BCUT2D eigenvalue weighted by Crippen LogP contribution is -1.93. The van der Waals surface area contributed by atoms with Crippen molar-refractivity contribution in [1.82, 2.24) is 0 Å². The van der Waals surface area contributed by atoms with Gasteiger partial charge in [0.1, 0.15) is 2.88 Å². The van der Waals surface area contributed by atoms with Gasteiger partial charge in [-0.3, -0.25) is 14.7 Å². The van der Waals surface area contributed by atoms with Gasteiger partial charge in [-0.2, -0.15) is 8.42 Å². The molecule has 1 aromatic heterocycles. The molecule has 1 aromatic rings. The summed E-state index contributed by atoms with van der Waals surface area (Å²) >= 11 is 2.29. The van der Waals surface area contributed by atoms with Gasteiger partial charge < -0.3 is 0 Å². The van der Waals surface area contributed by atoms with Crippen molar-refractivity contribution in [3.63, 3.8) is 0 Å². The molecule has 0 aliphatic carbocycles. The minimum atomic E-state index is -4.33. The van der Waals surface area contributed by atoms with Crippen LogP contribution in [0.2, 0.25) is 0 Å². The Morgan fingerprint density at radius 3 is 2.38 bits per heavy atom. The van der Waals surface area contributed by atoms with Crippen molar-refractivity contribution in [2.75, 3.05) is 0 Å². The van der Waals surface area contributed by atoms with Gasteiger partial charge in [0.15, 0.2) is 4.21 Å². The average molecular weight is 335 g/mol. The topological polar surface area (TPSA) is 97.5 Å². The van der Waals surface area contributed by atoms with Gasteiger partial charge in [0, 0.05) is 6.07 Å². The maximum atomic E-state index is 10.6. The van der Waals surface area contributed by atoms with E-state index in [2.05, 4.69) is 0 Å². The van der Waals surface area contributed by atoms with E-state index in [0.717, 1.165) is 6.07 Å². The minimum Gasteiger partial charge on any atom is -0.281 e. The van der Waals surface area contributed by atoms with E-state index in [9.17, 15) is 18.5 Å². The normalized spacial score (nSPS) is 11.5. The molecular weight excluding hydrogens is 333 g/mol. The molecule has 0 atom stereocenters. The van der Waals surface area contributed by atoms with Crippen molar-refractivity contribution in [2.24, 2.45) is 0 Å². The number of thiophene rings is 1. The van der Waals surface area contributed by atoms with Crippen LogP contribution in [0.3, 0.4) is 0 Å². The lowest BCUT2D eigenvalue weighted by atomic mass is 10.6. The molecule has 0 bridgehead atoms. The highest BCUT2D eigenvalue weighted by Crippen LogP contribution is 2.32. The van der Waals surface area contributed by atoms with Crippen molar-refractivity contribution < 1.29 is 17.9 Å². The highest BCUT2D eigenvalue weighted by Gasteiger charge is 2.22. The van der Waals surface area contributed by atoms with Crippen LogP contribution in [0.4, 0.5) is 5.69 Å². The molecule has 1 rings (SSSR count). The minimum absolute atomic E-state index is 0.218. The van der Waals surface area contributed by atoms with E-state index in [0.29, 0.717) is 11.3 Å². The third kappa shape index (κ3) is 2.36. The molecule has 13 heavy (non-hydrogen) atoms. The average Bonchev–Trinajstić information content (AvgIpc) is 2.29. The molecule has 0 saturated carbocycles. The SMILES string of the molecule is O=[N+]([O-])c1cc(S(=O)(=O)O)sc1I. The van der Waals surface area contributed by atoms with Gasteiger partial charge in [0.25, 0.3) is 5.69 Å². The second-order valence-electron chi connectivity index (χ2n) is 1.96. The Hall–Kier alpha value is -0.260. The van der Waals surface area contributed by atoms with Crippen molar-refractivity contribution >= 4 is 49.7 Å². The number of hydrogen-bond donors (Lipinski definition) is 1. The smallest absolute Gasteiger partial charge is 0.281 e. The van der Waals surface area contributed by atoms with Crippen molar-refractivity contribution in [2.45, 2.75) is 4.21 Å². The van der Waals surface area contributed by atoms with Gasteiger partial charge in [-0.05, 0) is 22.6 Å². The molecule has 0 spiro atoms. The van der Waals surface area contributed by atoms with Crippen LogP contribution < -0.4 is 0 Å². The van der Waals surface area contributed by atoms with Crippen LogP contribution in [-0.4, -0.2) is 17.9 Å². The van der Waals surface area contributed by atoms with E-state index in [-0.39, 0.29) is 8.57 Å². The standard InChI is InChI=1S/C4H2INO5S2/c5-4-2(6(7)8)1-3(12-4)13(9,10)11/h1H,(H,9,10,11). The maximum absolute atomic E-state index is 10.6. The van der Waals surface area contributed by atoms with Crippen LogP contribution in [0.1, 0.15) is 0 Å². The van der Waals surface area contributed by atoms with E-state index in [1.54, 1.807) is 22.6 Å². The summed E-state index contributed by atoms with van der Waals surface area (Å²) < 4.78 is 29.5. The van der Waals surface area contributed by atoms with Crippen molar-refractivity contribution in [1.29, 1.82) is 0 Å². The van der Waals surface area contributed by atoms with E-state index >= 15 is 0 Å². The fourth-order valence-electron chi connectivity index (χ4n) is 0.590. The van der Waals surface area contributed by atoms with Crippen LogP contribution in [0.5, 0.6) is 0 Å². The van der Waals surface area contributed by atoms with Gasteiger partial charge >= 0.3 is 10.1 Å². The first kappa shape index (κ1) is 10.8. The molecule has 0 radical (unpaired) electrons. The van der Waals surface area contributed by atoms with Crippen LogP contribution >= 0.6 is 33.9 Å². The second kappa shape index (κ2) is 3.48. The predicted molar refractivity (Wildman–Crippen MR) is 53.5 cm³/mol. The Kier molecular flexibility index (Phi) is 2.89. The summed E-state index contributed by atoms with van der Waals surface area (Å²) in [5.74, 6) is 0. The molecule has 72 valence electrons. The largest absolute Gasteiger partial charge is 0.304 e. The summed E-state index contributed by atoms with van der Waals surface area (Å²) in [4.78, 5) is 9.59. The molecule has 0 aromatic carbocycles. The molecule has 0 aliphatic rings. The third-order valence-electron chi connectivity index (χ3n) is 1.10. The molecule has 1 N–H and O–H groups in total. The third-order valence-corrected chi connectivity index (χ3v) is 4.53. The summed E-state index contributed by atoms with van der Waals surface area (Å²) in [7, 11) is -4.33. The summed E-state index contributed by atoms with van der Waals surface area (Å²) in [6.07, 6.45) is 0. The number of rotatable bonds is 2. The quantitative estimate of drug-likeness (QED) is 0.382. The Balaban J connectivity index is 3.33. The lowest BCUT2D eigenvalue weighted by Gasteiger charge is -1.85. The summed E-state index contributed by atoms with van der Waals surface area (Å²) in [6.45, 7) is 0. The number of hydrogen-bond acceptors (Lipinski definition) is 5. The highest BCUT2D eigenvalue weighted by molar-refractivity contribution is 14.1. The van der Waals surface area contributed by atoms with Crippen LogP contribution in [0.15, 0.2) is 10.3 Å². The fraction of sp³-hybridized carbons (Fsp3) is 0. The van der Waals surface area contributed by atoms with Gasteiger partial charge in [-0.25, -0.2) is 0 Å². The first-order valence-electron chi connectivity index (χ1n) is 2.73. The van der Waals surface area contributed by atoms with Gasteiger partial charge in [0.05, 0.1) is 4.92 Å².